The van der Waals surface area contributed by atoms with Crippen molar-refractivity contribution in [1.82, 2.24) is 4.57 Å². The summed E-state index contributed by atoms with van der Waals surface area (Å²) in [7, 11) is 0. The Bertz CT molecular complexity index is 913. The molecule has 0 fully saturated rings. The van der Waals surface area contributed by atoms with Crippen molar-refractivity contribution in [1.29, 1.82) is 0 Å². The molecular weight excluding hydrogens is 274 g/mol. The number of nitrogens with two attached hydrogens (primary N) is 1. The number of pyridine rings is 2. The van der Waals surface area contributed by atoms with Crippen LogP contribution in [0.15, 0.2) is 47.4 Å². The van der Waals surface area contributed by atoms with E-state index in [2.05, 4.69) is 4.98 Å². The second-order valence-electron chi connectivity index (χ2n) is 5.82. The molecule has 0 spiro atoms. The highest BCUT2D eigenvalue weighted by atomic mass is 16.1. The van der Waals surface area contributed by atoms with E-state index in [4.69, 9.17) is 5.73 Å². The van der Waals surface area contributed by atoms with E-state index < -0.39 is 0 Å². The fraction of sp³-hybridized carbons (Fsp3) is 0.222. The van der Waals surface area contributed by atoms with Crippen molar-refractivity contribution in [3.05, 3.63) is 64.2 Å². The van der Waals surface area contributed by atoms with Gasteiger partial charge in [-0.25, -0.2) is 4.98 Å². The minimum Gasteiger partial charge on any atom is -0.397 e. The van der Waals surface area contributed by atoms with Gasteiger partial charge < -0.3 is 5.73 Å². The van der Waals surface area contributed by atoms with Crippen LogP contribution in [0.4, 0.5) is 5.69 Å². The summed E-state index contributed by atoms with van der Waals surface area (Å²) in [5.74, 6) is 0. The Morgan fingerprint density at radius 2 is 1.82 bits per heavy atom. The molecule has 22 heavy (non-hydrogen) atoms. The van der Waals surface area contributed by atoms with Crippen molar-refractivity contribution >= 4 is 16.6 Å². The molecule has 4 heteroatoms. The topological polar surface area (TPSA) is 62.2 Å². The lowest BCUT2D eigenvalue weighted by atomic mass is 9.93. The van der Waals surface area contributed by atoms with Gasteiger partial charge in [0, 0.05) is 29.9 Å². The first-order chi connectivity index (χ1) is 10.8. The molecule has 3 N–H and O–H groups in total. The highest BCUT2D eigenvalue weighted by Gasteiger charge is 2.23. The van der Waals surface area contributed by atoms with Crippen LogP contribution in [0.25, 0.3) is 16.6 Å². The number of H-pyrrole nitrogens is 1. The number of rotatable bonds is 1. The van der Waals surface area contributed by atoms with Gasteiger partial charge in [-0.1, -0.05) is 18.2 Å². The van der Waals surface area contributed by atoms with Gasteiger partial charge in [0.15, 0.2) is 5.69 Å². The average molecular weight is 292 g/mol. The summed E-state index contributed by atoms with van der Waals surface area (Å²) >= 11 is 0. The number of nitrogen functional groups attached to an aromatic ring is 1. The zero-order chi connectivity index (χ0) is 15.1. The molecule has 1 aliphatic rings. The number of aromatic amines is 1. The van der Waals surface area contributed by atoms with Crippen LogP contribution >= 0.6 is 0 Å². The molecule has 0 bridgehead atoms. The third kappa shape index (κ3) is 1.91. The van der Waals surface area contributed by atoms with E-state index in [0.29, 0.717) is 11.1 Å². The summed E-state index contributed by atoms with van der Waals surface area (Å²) in [6.07, 6.45) is 6.08. The molecule has 0 amide bonds. The Morgan fingerprint density at radius 3 is 2.64 bits per heavy atom. The molecule has 1 aromatic carbocycles. The summed E-state index contributed by atoms with van der Waals surface area (Å²) < 4.78 is 1.65. The van der Waals surface area contributed by atoms with Crippen LogP contribution in [-0.2, 0) is 12.8 Å². The first-order valence-corrected chi connectivity index (χ1v) is 7.69. The monoisotopic (exact) mass is 292 g/mol. The van der Waals surface area contributed by atoms with Crippen molar-refractivity contribution in [2.45, 2.75) is 25.7 Å². The average Bonchev–Trinajstić information content (AvgIpc) is 2.56. The summed E-state index contributed by atoms with van der Waals surface area (Å²) in [6, 6.07) is 11.6. The first kappa shape index (κ1) is 13.1. The van der Waals surface area contributed by atoms with E-state index in [1.807, 2.05) is 42.6 Å². The maximum atomic E-state index is 12.9. The number of anilines is 1. The minimum absolute atomic E-state index is 0.0641. The van der Waals surface area contributed by atoms with Crippen molar-refractivity contribution in [3.8, 4) is 5.69 Å². The van der Waals surface area contributed by atoms with Crippen molar-refractivity contribution < 1.29 is 4.98 Å². The zero-order valence-electron chi connectivity index (χ0n) is 12.3. The molecule has 0 atom stereocenters. The number of benzene rings is 1. The van der Waals surface area contributed by atoms with E-state index in [9.17, 15) is 4.79 Å². The van der Waals surface area contributed by atoms with Crippen LogP contribution in [0, 0.1) is 0 Å². The van der Waals surface area contributed by atoms with Gasteiger partial charge in [-0.15, -0.1) is 0 Å². The molecule has 4 rings (SSSR count). The van der Waals surface area contributed by atoms with Gasteiger partial charge in [-0.05, 0) is 31.4 Å². The SMILES string of the molecule is Nc1c2c([nH+]c3ccn(-c4ccccc4)c(=O)c13)CCCC2. The van der Waals surface area contributed by atoms with Gasteiger partial charge in [0.05, 0.1) is 5.69 Å². The predicted molar refractivity (Wildman–Crippen MR) is 87.2 cm³/mol. The quantitative estimate of drug-likeness (QED) is 0.748. The lowest BCUT2D eigenvalue weighted by molar-refractivity contribution is -0.359. The Kier molecular flexibility index (Phi) is 2.96. The number of nitrogens with one attached hydrogen (secondary N) is 1. The molecule has 0 unspecified atom stereocenters. The van der Waals surface area contributed by atoms with Crippen molar-refractivity contribution in [2.24, 2.45) is 0 Å². The third-order valence-corrected chi connectivity index (χ3v) is 4.47. The zero-order valence-corrected chi connectivity index (χ0v) is 12.3. The number of para-hydroxylation sites is 1. The highest BCUT2D eigenvalue weighted by molar-refractivity contribution is 5.89. The molecule has 0 radical (unpaired) electrons. The smallest absolute Gasteiger partial charge is 0.271 e. The van der Waals surface area contributed by atoms with E-state index in [1.54, 1.807) is 4.57 Å². The molecule has 110 valence electrons. The molecule has 2 aromatic heterocycles. The molecule has 0 saturated carbocycles. The van der Waals surface area contributed by atoms with Gasteiger partial charge >= 0.3 is 0 Å². The first-order valence-electron chi connectivity index (χ1n) is 7.69. The van der Waals surface area contributed by atoms with Gasteiger partial charge in [-0.3, -0.25) is 9.36 Å². The number of fused-ring (bicyclic) bond motifs is 2. The Labute approximate surface area is 128 Å². The van der Waals surface area contributed by atoms with Gasteiger partial charge in [0.25, 0.3) is 5.56 Å². The second kappa shape index (κ2) is 4.98. The van der Waals surface area contributed by atoms with Crippen LogP contribution in [0.3, 0.4) is 0 Å². The minimum atomic E-state index is -0.0641. The van der Waals surface area contributed by atoms with Crippen molar-refractivity contribution in [3.63, 3.8) is 0 Å². The molecular formula is C18H18N3O+. The van der Waals surface area contributed by atoms with Crippen LogP contribution in [0.5, 0.6) is 0 Å². The summed E-state index contributed by atoms with van der Waals surface area (Å²) in [6.45, 7) is 0. The predicted octanol–water partition coefficient (Wildman–Crippen LogP) is 2.27. The largest absolute Gasteiger partial charge is 0.397 e. The molecule has 3 aromatic rings. The summed E-state index contributed by atoms with van der Waals surface area (Å²) in [5.41, 5.74) is 10.9. The standard InChI is InChI=1S/C18H17N3O/c19-17-13-8-4-5-9-14(13)20-15-10-11-21(18(22)16(15)17)12-6-2-1-3-7-12/h1-3,6-7,10-11H,4-5,8-9H2,(H2,19,20)/p+1. The number of aryl methyl sites for hydroxylation is 1. The lowest BCUT2D eigenvalue weighted by Gasteiger charge is -2.14. The van der Waals surface area contributed by atoms with Gasteiger partial charge in [0.2, 0.25) is 5.52 Å². The van der Waals surface area contributed by atoms with Crippen LogP contribution < -0.4 is 16.3 Å². The number of hydrogen-bond donors (Lipinski definition) is 1. The molecule has 0 aliphatic heterocycles. The fourth-order valence-electron chi connectivity index (χ4n) is 3.35. The molecule has 1 aliphatic carbocycles. The normalized spacial score (nSPS) is 14.0. The molecule has 4 nitrogen and oxygen atoms in total. The molecule has 2 heterocycles. The lowest BCUT2D eigenvalue weighted by Crippen LogP contribution is -2.27. The Hall–Kier alpha value is -2.62. The maximum Gasteiger partial charge on any atom is 0.271 e. The van der Waals surface area contributed by atoms with E-state index in [-0.39, 0.29) is 5.56 Å². The summed E-state index contributed by atoms with van der Waals surface area (Å²) in [5, 5.41) is 0.604. The number of hydrogen-bond acceptors (Lipinski definition) is 2. The maximum absolute atomic E-state index is 12.9. The highest BCUT2D eigenvalue weighted by Crippen LogP contribution is 2.27. The van der Waals surface area contributed by atoms with Crippen molar-refractivity contribution in [2.75, 3.05) is 5.73 Å². The van der Waals surface area contributed by atoms with Crippen LogP contribution in [0.2, 0.25) is 0 Å². The fourth-order valence-corrected chi connectivity index (χ4v) is 3.35. The second-order valence-corrected chi connectivity index (χ2v) is 5.82. The molecule has 0 saturated heterocycles. The Balaban J connectivity index is 2.03. The van der Waals surface area contributed by atoms with E-state index in [1.165, 1.54) is 12.1 Å². The number of nitrogens with zero attached hydrogens (tertiary/aromatic N) is 1. The third-order valence-electron chi connectivity index (χ3n) is 4.47. The van der Waals surface area contributed by atoms with Crippen LogP contribution in [0.1, 0.15) is 24.1 Å². The Morgan fingerprint density at radius 1 is 1.05 bits per heavy atom. The van der Waals surface area contributed by atoms with Crippen LogP contribution in [-0.4, -0.2) is 4.57 Å². The number of aromatic nitrogens is 2. The van der Waals surface area contributed by atoms with Gasteiger partial charge in [0.1, 0.15) is 5.39 Å². The van der Waals surface area contributed by atoms with Gasteiger partial charge in [-0.2, -0.15) is 0 Å². The van der Waals surface area contributed by atoms with E-state index >= 15 is 0 Å². The summed E-state index contributed by atoms with van der Waals surface area (Å²) in [4.78, 5) is 16.3. The van der Waals surface area contributed by atoms with E-state index in [0.717, 1.165) is 36.0 Å².